The molecule has 4 rings (SSSR count). The Morgan fingerprint density at radius 1 is 1.12 bits per heavy atom. The number of para-hydroxylation sites is 1. The molecule has 0 fully saturated rings. The predicted octanol–water partition coefficient (Wildman–Crippen LogP) is 3.76. The summed E-state index contributed by atoms with van der Waals surface area (Å²) in [5, 5.41) is 9.00. The van der Waals surface area contributed by atoms with Gasteiger partial charge in [-0.05, 0) is 11.6 Å². The molecule has 1 aliphatic rings. The lowest BCUT2D eigenvalue weighted by Gasteiger charge is -2.08. The van der Waals surface area contributed by atoms with Crippen molar-refractivity contribution in [1.29, 1.82) is 0 Å². The molecule has 2 heterocycles. The van der Waals surface area contributed by atoms with Gasteiger partial charge in [-0.3, -0.25) is 14.9 Å². The first kappa shape index (κ1) is 16.1. The number of aromatic amines is 1. The van der Waals surface area contributed by atoms with Crippen LogP contribution in [0.15, 0.2) is 47.6 Å². The number of amides is 1. The molecule has 130 valence electrons. The van der Waals surface area contributed by atoms with Crippen molar-refractivity contribution in [3.63, 3.8) is 0 Å². The minimum Gasteiger partial charge on any atom is -0.319 e. The van der Waals surface area contributed by atoms with Crippen molar-refractivity contribution in [2.24, 2.45) is 4.99 Å². The second kappa shape index (κ2) is 6.14. The standard InChI is InChI=1S/C18H11F3N4O/c19-10-6-11(20)16(12(21)7-10)18(26)24-15-8-22-25-17(15)14-5-9-3-1-2-4-13(9)23-14/h1-4,6-8H,5H2,(H,22,25)(H,24,26). The van der Waals surface area contributed by atoms with Crippen LogP contribution in [0.5, 0.6) is 0 Å². The Kier molecular flexibility index (Phi) is 3.80. The van der Waals surface area contributed by atoms with E-state index in [0.29, 0.717) is 30.0 Å². The molecule has 0 spiro atoms. The zero-order valence-electron chi connectivity index (χ0n) is 13.2. The van der Waals surface area contributed by atoms with Crippen LogP contribution in [0.3, 0.4) is 0 Å². The zero-order valence-corrected chi connectivity index (χ0v) is 13.2. The van der Waals surface area contributed by atoms with E-state index in [1.807, 2.05) is 24.3 Å². The van der Waals surface area contributed by atoms with Gasteiger partial charge in [-0.25, -0.2) is 13.2 Å². The molecule has 1 aromatic heterocycles. The molecule has 5 nitrogen and oxygen atoms in total. The van der Waals surface area contributed by atoms with Crippen molar-refractivity contribution in [3.8, 4) is 0 Å². The summed E-state index contributed by atoms with van der Waals surface area (Å²) in [4.78, 5) is 16.7. The summed E-state index contributed by atoms with van der Waals surface area (Å²) in [6.45, 7) is 0. The van der Waals surface area contributed by atoms with E-state index in [-0.39, 0.29) is 5.69 Å². The van der Waals surface area contributed by atoms with Crippen molar-refractivity contribution < 1.29 is 18.0 Å². The van der Waals surface area contributed by atoms with Crippen molar-refractivity contribution in [1.82, 2.24) is 10.2 Å². The van der Waals surface area contributed by atoms with Gasteiger partial charge in [0.1, 0.15) is 28.7 Å². The number of halogens is 3. The first-order valence-electron chi connectivity index (χ1n) is 7.68. The minimum absolute atomic E-state index is 0.227. The number of aromatic nitrogens is 2. The maximum absolute atomic E-state index is 13.8. The van der Waals surface area contributed by atoms with Crippen LogP contribution in [0.25, 0.3) is 0 Å². The molecule has 0 saturated carbocycles. The number of anilines is 1. The second-order valence-electron chi connectivity index (χ2n) is 5.72. The number of carbonyl (C=O) groups is 1. The predicted molar refractivity (Wildman–Crippen MR) is 89.2 cm³/mol. The Bertz CT molecular complexity index is 1040. The van der Waals surface area contributed by atoms with Crippen LogP contribution in [0, 0.1) is 17.5 Å². The Balaban J connectivity index is 1.62. The van der Waals surface area contributed by atoms with E-state index >= 15 is 0 Å². The third kappa shape index (κ3) is 2.75. The fourth-order valence-electron chi connectivity index (χ4n) is 2.82. The Morgan fingerprint density at radius 3 is 2.58 bits per heavy atom. The summed E-state index contributed by atoms with van der Waals surface area (Å²) in [7, 11) is 0. The van der Waals surface area contributed by atoms with Gasteiger partial charge >= 0.3 is 0 Å². The van der Waals surface area contributed by atoms with E-state index in [2.05, 4.69) is 20.5 Å². The number of aliphatic imine (C=N–C) groups is 1. The van der Waals surface area contributed by atoms with Gasteiger partial charge in [0.2, 0.25) is 0 Å². The van der Waals surface area contributed by atoms with Gasteiger partial charge in [-0.2, -0.15) is 5.10 Å². The average molecular weight is 356 g/mol. The molecule has 2 N–H and O–H groups in total. The number of nitrogens with one attached hydrogen (secondary N) is 2. The lowest BCUT2D eigenvalue weighted by atomic mass is 10.1. The summed E-state index contributed by atoms with van der Waals surface area (Å²) in [6.07, 6.45) is 1.85. The SMILES string of the molecule is O=C(Nc1cn[nH]c1C1=Nc2ccccc2C1)c1c(F)cc(F)cc1F. The summed E-state index contributed by atoms with van der Waals surface area (Å²) in [5.41, 5.74) is 2.27. The molecular formula is C18H11F3N4O. The highest BCUT2D eigenvalue weighted by molar-refractivity contribution is 6.12. The van der Waals surface area contributed by atoms with Gasteiger partial charge in [0.25, 0.3) is 5.91 Å². The summed E-state index contributed by atoms with van der Waals surface area (Å²) >= 11 is 0. The number of benzene rings is 2. The van der Waals surface area contributed by atoms with Crippen molar-refractivity contribution in [3.05, 3.63) is 76.9 Å². The lowest BCUT2D eigenvalue weighted by molar-refractivity contribution is 0.101. The molecule has 0 radical (unpaired) electrons. The molecule has 3 aromatic rings. The normalized spacial score (nSPS) is 12.7. The number of fused-ring (bicyclic) bond motifs is 1. The maximum atomic E-state index is 13.8. The molecule has 0 atom stereocenters. The largest absolute Gasteiger partial charge is 0.319 e. The monoisotopic (exact) mass is 356 g/mol. The molecule has 0 bridgehead atoms. The number of hydrogen-bond donors (Lipinski definition) is 2. The van der Waals surface area contributed by atoms with Crippen molar-refractivity contribution in [2.45, 2.75) is 6.42 Å². The Hall–Kier alpha value is -3.42. The van der Waals surface area contributed by atoms with Gasteiger partial charge < -0.3 is 5.32 Å². The number of hydrogen-bond acceptors (Lipinski definition) is 3. The molecule has 1 aliphatic heterocycles. The summed E-state index contributed by atoms with van der Waals surface area (Å²) < 4.78 is 40.6. The molecule has 2 aromatic carbocycles. The van der Waals surface area contributed by atoms with Crippen LogP contribution in [0.1, 0.15) is 21.6 Å². The van der Waals surface area contributed by atoms with E-state index in [9.17, 15) is 18.0 Å². The first-order valence-corrected chi connectivity index (χ1v) is 7.68. The number of rotatable bonds is 3. The second-order valence-corrected chi connectivity index (χ2v) is 5.72. The van der Waals surface area contributed by atoms with Gasteiger partial charge in [-0.15, -0.1) is 0 Å². The average Bonchev–Trinajstić information content (AvgIpc) is 3.19. The van der Waals surface area contributed by atoms with Crippen molar-refractivity contribution >= 4 is 23.0 Å². The molecule has 0 unspecified atom stereocenters. The van der Waals surface area contributed by atoms with Crippen molar-refractivity contribution in [2.75, 3.05) is 5.32 Å². The van der Waals surface area contributed by atoms with E-state index in [4.69, 9.17) is 0 Å². The van der Waals surface area contributed by atoms with Gasteiger partial charge in [0, 0.05) is 18.6 Å². The fraction of sp³-hybridized carbons (Fsp3) is 0.0556. The van der Waals surface area contributed by atoms with E-state index < -0.39 is 28.9 Å². The highest BCUT2D eigenvalue weighted by atomic mass is 19.1. The maximum Gasteiger partial charge on any atom is 0.261 e. The molecule has 8 heteroatoms. The Labute approximate surface area is 145 Å². The van der Waals surface area contributed by atoms with Crippen LogP contribution in [-0.4, -0.2) is 21.8 Å². The molecular weight excluding hydrogens is 345 g/mol. The summed E-state index contributed by atoms with van der Waals surface area (Å²) in [6, 6.07) is 8.45. The number of nitrogens with zero attached hydrogens (tertiary/aromatic N) is 2. The van der Waals surface area contributed by atoms with Gasteiger partial charge in [0.15, 0.2) is 0 Å². The molecule has 0 saturated heterocycles. The third-order valence-electron chi connectivity index (χ3n) is 4.01. The summed E-state index contributed by atoms with van der Waals surface area (Å²) in [5.74, 6) is -4.70. The van der Waals surface area contributed by atoms with Gasteiger partial charge in [0.05, 0.1) is 23.3 Å². The fourth-order valence-corrected chi connectivity index (χ4v) is 2.82. The zero-order chi connectivity index (χ0) is 18.3. The van der Waals surface area contributed by atoms with E-state index in [1.54, 1.807) is 0 Å². The van der Waals surface area contributed by atoms with Crippen LogP contribution < -0.4 is 5.32 Å². The highest BCUT2D eigenvalue weighted by Gasteiger charge is 2.23. The topological polar surface area (TPSA) is 70.1 Å². The third-order valence-corrected chi connectivity index (χ3v) is 4.01. The smallest absolute Gasteiger partial charge is 0.261 e. The lowest BCUT2D eigenvalue weighted by Crippen LogP contribution is -2.18. The molecule has 1 amide bonds. The number of H-pyrrole nitrogens is 1. The van der Waals surface area contributed by atoms with Crippen LogP contribution in [0.4, 0.5) is 24.5 Å². The van der Waals surface area contributed by atoms with Crippen LogP contribution >= 0.6 is 0 Å². The quantitative estimate of drug-likeness (QED) is 0.750. The minimum atomic E-state index is -1.28. The van der Waals surface area contributed by atoms with Gasteiger partial charge in [-0.1, -0.05) is 18.2 Å². The highest BCUT2D eigenvalue weighted by Crippen LogP contribution is 2.30. The Morgan fingerprint density at radius 2 is 1.85 bits per heavy atom. The van der Waals surface area contributed by atoms with E-state index in [0.717, 1.165) is 11.3 Å². The first-order chi connectivity index (χ1) is 12.5. The van der Waals surface area contributed by atoms with Crippen LogP contribution in [0.2, 0.25) is 0 Å². The molecule has 0 aliphatic carbocycles. The molecule has 26 heavy (non-hydrogen) atoms. The number of carbonyl (C=O) groups excluding carboxylic acids is 1. The van der Waals surface area contributed by atoms with E-state index in [1.165, 1.54) is 6.20 Å². The van der Waals surface area contributed by atoms with Crippen LogP contribution in [-0.2, 0) is 6.42 Å².